The van der Waals surface area contributed by atoms with Crippen molar-refractivity contribution in [2.45, 2.75) is 32.4 Å². The van der Waals surface area contributed by atoms with Gasteiger partial charge in [-0.2, -0.15) is 0 Å². The Morgan fingerprint density at radius 3 is 1.96 bits per heavy atom. The van der Waals surface area contributed by atoms with Crippen molar-refractivity contribution in [2.24, 2.45) is 5.16 Å². The molecule has 2 aromatic rings. The van der Waals surface area contributed by atoms with Crippen molar-refractivity contribution in [2.75, 3.05) is 13.2 Å². The van der Waals surface area contributed by atoms with Crippen molar-refractivity contribution in [3.05, 3.63) is 59.7 Å². The van der Waals surface area contributed by atoms with E-state index in [1.807, 2.05) is 24.3 Å². The van der Waals surface area contributed by atoms with Crippen LogP contribution in [0.1, 0.15) is 31.9 Å². The Balaban J connectivity index is 1.72. The number of nitrogens with two attached hydrogens (primary N) is 1. The van der Waals surface area contributed by atoms with Gasteiger partial charge in [-0.3, -0.25) is 0 Å². The molecule has 3 N–H and O–H groups in total. The molecule has 0 spiro atoms. The topological polar surface area (TPSA) is 58.4 Å². The number of oxime groups is 1. The molecule has 1 atom stereocenters. The lowest BCUT2D eigenvalue weighted by Gasteiger charge is -2.18. The largest absolute Gasteiger partial charge is 0.392 e. The first-order valence-electron chi connectivity index (χ1n) is 8.37. The maximum Gasteiger partial charge on any atom is 0.148 e. The Kier molecular flexibility index (Phi) is 4.69. The molecule has 0 unspecified atom stereocenters. The van der Waals surface area contributed by atoms with E-state index in [0.29, 0.717) is 6.54 Å². The molecule has 24 heavy (non-hydrogen) atoms. The average Bonchev–Trinajstić information content (AvgIpc) is 2.87. The Hall–Kier alpha value is -2.17. The number of aliphatic hydroxyl groups is 1. The number of quaternary nitrogens is 1. The van der Waals surface area contributed by atoms with Crippen LogP contribution < -0.4 is 5.32 Å². The van der Waals surface area contributed by atoms with Crippen LogP contribution >= 0.6 is 0 Å². The Labute approximate surface area is 143 Å². The van der Waals surface area contributed by atoms with Gasteiger partial charge in [0.05, 0.1) is 5.54 Å². The summed E-state index contributed by atoms with van der Waals surface area (Å²) in [4.78, 5) is 5.48. The van der Waals surface area contributed by atoms with E-state index in [4.69, 9.17) is 4.84 Å². The summed E-state index contributed by atoms with van der Waals surface area (Å²) in [5.74, 6) is 0. The molecule has 0 radical (unpaired) electrons. The lowest BCUT2D eigenvalue weighted by atomic mass is 10.1. The lowest BCUT2D eigenvalue weighted by Crippen LogP contribution is -2.96. The summed E-state index contributed by atoms with van der Waals surface area (Å²) in [6.45, 7) is 7.15. The molecule has 0 heterocycles. The molecule has 3 rings (SSSR count). The highest BCUT2D eigenvalue weighted by molar-refractivity contribution is 6.24. The van der Waals surface area contributed by atoms with E-state index < -0.39 is 6.10 Å². The molecule has 1 aliphatic carbocycles. The smallest absolute Gasteiger partial charge is 0.148 e. The molecular formula is C20H25N2O2+. The molecule has 2 aromatic carbocycles. The number of hydrogen-bond acceptors (Lipinski definition) is 3. The number of benzene rings is 2. The van der Waals surface area contributed by atoms with Gasteiger partial charge in [0, 0.05) is 11.1 Å². The molecule has 0 saturated carbocycles. The molecule has 1 aliphatic rings. The lowest BCUT2D eigenvalue weighted by molar-refractivity contribution is -0.722. The molecule has 4 heteroatoms. The maximum atomic E-state index is 10.1. The summed E-state index contributed by atoms with van der Waals surface area (Å²) in [6, 6.07) is 16.4. The number of aliphatic hydroxyl groups excluding tert-OH is 1. The third-order valence-corrected chi connectivity index (χ3v) is 4.08. The van der Waals surface area contributed by atoms with Gasteiger partial charge in [0.1, 0.15) is 25.0 Å². The summed E-state index contributed by atoms with van der Waals surface area (Å²) < 4.78 is 0. The second kappa shape index (κ2) is 6.75. The Bertz CT molecular complexity index is 700. The third-order valence-electron chi connectivity index (χ3n) is 4.08. The fourth-order valence-electron chi connectivity index (χ4n) is 2.84. The van der Waals surface area contributed by atoms with Crippen molar-refractivity contribution in [3.8, 4) is 11.1 Å². The molecule has 0 aromatic heterocycles. The summed E-state index contributed by atoms with van der Waals surface area (Å²) in [5, 5.41) is 16.5. The maximum absolute atomic E-state index is 10.1. The number of fused-ring (bicyclic) bond motifs is 3. The van der Waals surface area contributed by atoms with Gasteiger partial charge in [0.25, 0.3) is 0 Å². The van der Waals surface area contributed by atoms with Gasteiger partial charge < -0.3 is 15.3 Å². The highest BCUT2D eigenvalue weighted by Gasteiger charge is 2.24. The SMILES string of the molecule is CC(C)(C)[NH2+]C[C@@H](O)CON=C1c2ccccc2-c2ccccc21. The fourth-order valence-corrected chi connectivity index (χ4v) is 2.84. The van der Waals surface area contributed by atoms with E-state index in [0.717, 1.165) is 16.8 Å². The van der Waals surface area contributed by atoms with Crippen LogP contribution in [0.3, 0.4) is 0 Å². The zero-order valence-electron chi connectivity index (χ0n) is 14.5. The standard InChI is InChI=1S/C20H24N2O2/c1-20(2,3)21-12-14(23)13-24-22-19-17-10-6-4-8-15(17)16-9-5-7-11-18(16)19/h4-11,14,21,23H,12-13H2,1-3H3/p+1/t14-/m1/s1. The first-order valence-corrected chi connectivity index (χ1v) is 8.37. The average molecular weight is 325 g/mol. The van der Waals surface area contributed by atoms with Crippen LogP contribution in [0.2, 0.25) is 0 Å². The van der Waals surface area contributed by atoms with Crippen molar-refractivity contribution < 1.29 is 15.3 Å². The van der Waals surface area contributed by atoms with E-state index in [-0.39, 0.29) is 12.1 Å². The number of nitrogens with zero attached hydrogens (tertiary/aromatic N) is 1. The fraction of sp³-hybridized carbons (Fsp3) is 0.350. The number of hydrogen-bond donors (Lipinski definition) is 2. The van der Waals surface area contributed by atoms with Crippen LogP contribution in [0.4, 0.5) is 0 Å². The van der Waals surface area contributed by atoms with Gasteiger partial charge in [-0.05, 0) is 31.9 Å². The summed E-state index contributed by atoms with van der Waals surface area (Å²) >= 11 is 0. The Morgan fingerprint density at radius 1 is 0.958 bits per heavy atom. The van der Waals surface area contributed by atoms with Gasteiger partial charge >= 0.3 is 0 Å². The van der Waals surface area contributed by atoms with E-state index in [1.54, 1.807) is 0 Å². The van der Waals surface area contributed by atoms with Crippen molar-refractivity contribution in [1.29, 1.82) is 0 Å². The minimum atomic E-state index is -0.541. The van der Waals surface area contributed by atoms with Crippen molar-refractivity contribution >= 4 is 5.71 Å². The highest BCUT2D eigenvalue weighted by atomic mass is 16.6. The summed E-state index contributed by atoms with van der Waals surface area (Å²) in [6.07, 6.45) is -0.541. The molecular weight excluding hydrogens is 300 g/mol. The van der Waals surface area contributed by atoms with Crippen LogP contribution in [0.15, 0.2) is 53.7 Å². The van der Waals surface area contributed by atoms with Crippen LogP contribution in [-0.4, -0.2) is 35.6 Å². The van der Waals surface area contributed by atoms with E-state index in [1.165, 1.54) is 11.1 Å². The molecule has 0 aliphatic heterocycles. The molecule has 0 bridgehead atoms. The van der Waals surface area contributed by atoms with Crippen molar-refractivity contribution in [1.82, 2.24) is 0 Å². The summed E-state index contributed by atoms with van der Waals surface area (Å²) in [5.41, 5.74) is 5.45. The van der Waals surface area contributed by atoms with E-state index >= 15 is 0 Å². The molecule has 4 nitrogen and oxygen atoms in total. The van der Waals surface area contributed by atoms with Gasteiger partial charge in [0.2, 0.25) is 0 Å². The summed E-state index contributed by atoms with van der Waals surface area (Å²) in [7, 11) is 0. The van der Waals surface area contributed by atoms with Gasteiger partial charge in [0.15, 0.2) is 0 Å². The first-order chi connectivity index (χ1) is 11.5. The normalized spacial score (nSPS) is 14.1. The molecule has 0 fully saturated rings. The molecule has 0 saturated heterocycles. The third kappa shape index (κ3) is 3.66. The predicted molar refractivity (Wildman–Crippen MR) is 96.0 cm³/mol. The zero-order chi connectivity index (χ0) is 17.2. The van der Waals surface area contributed by atoms with Gasteiger partial charge in [-0.1, -0.05) is 53.7 Å². The number of rotatable bonds is 5. The first kappa shape index (κ1) is 16.7. The molecule has 0 amide bonds. The second-order valence-corrected chi connectivity index (χ2v) is 7.29. The predicted octanol–water partition coefficient (Wildman–Crippen LogP) is 2.16. The van der Waals surface area contributed by atoms with Crippen LogP contribution in [-0.2, 0) is 4.84 Å². The second-order valence-electron chi connectivity index (χ2n) is 7.29. The minimum absolute atomic E-state index is 0.0935. The van der Waals surface area contributed by atoms with Crippen molar-refractivity contribution in [3.63, 3.8) is 0 Å². The van der Waals surface area contributed by atoms with Crippen LogP contribution in [0.5, 0.6) is 0 Å². The van der Waals surface area contributed by atoms with E-state index in [2.05, 4.69) is 55.5 Å². The highest BCUT2D eigenvalue weighted by Crippen LogP contribution is 2.36. The zero-order valence-corrected chi connectivity index (χ0v) is 14.5. The van der Waals surface area contributed by atoms with Crippen LogP contribution in [0, 0.1) is 0 Å². The van der Waals surface area contributed by atoms with Gasteiger partial charge in [-0.15, -0.1) is 0 Å². The quantitative estimate of drug-likeness (QED) is 0.706. The van der Waals surface area contributed by atoms with Crippen LogP contribution in [0.25, 0.3) is 11.1 Å². The minimum Gasteiger partial charge on any atom is -0.392 e. The van der Waals surface area contributed by atoms with Gasteiger partial charge in [-0.25, -0.2) is 0 Å². The Morgan fingerprint density at radius 2 is 1.46 bits per heavy atom. The monoisotopic (exact) mass is 325 g/mol. The van der Waals surface area contributed by atoms with E-state index in [9.17, 15) is 5.11 Å². The molecule has 126 valence electrons.